The van der Waals surface area contributed by atoms with Crippen molar-refractivity contribution in [3.8, 4) is 16.9 Å². The lowest BCUT2D eigenvalue weighted by molar-refractivity contribution is -0.140. The molecule has 1 fully saturated rings. The Morgan fingerprint density at radius 1 is 0.845 bits per heavy atom. The van der Waals surface area contributed by atoms with Crippen LogP contribution in [0.2, 0.25) is 0 Å². The molecule has 5 rings (SSSR count). The lowest BCUT2D eigenvalue weighted by Gasteiger charge is -2.26. The van der Waals surface area contributed by atoms with Crippen molar-refractivity contribution in [1.29, 1.82) is 0 Å². The van der Waals surface area contributed by atoms with E-state index in [-0.39, 0.29) is 18.2 Å². The number of carbonyl (C=O) groups is 3. The predicted molar refractivity (Wildman–Crippen MR) is 223 cm³/mol. The number of pyridine rings is 1. The van der Waals surface area contributed by atoms with Gasteiger partial charge in [-0.15, -0.1) is 0 Å². The van der Waals surface area contributed by atoms with Gasteiger partial charge in [0.15, 0.2) is 0 Å². The Morgan fingerprint density at radius 2 is 1.52 bits per heavy atom. The first-order chi connectivity index (χ1) is 28.3. The number of rotatable bonds is 26. The number of aryl methyl sites for hydroxylation is 1. The Balaban J connectivity index is 1.11. The Labute approximate surface area is 341 Å². The van der Waals surface area contributed by atoms with Crippen molar-refractivity contribution < 1.29 is 43.2 Å². The fourth-order valence-corrected chi connectivity index (χ4v) is 6.93. The Morgan fingerprint density at radius 3 is 2.19 bits per heavy atom. The van der Waals surface area contributed by atoms with Crippen LogP contribution in [-0.2, 0) is 33.3 Å². The molecule has 3 N–H and O–H groups in total. The Hall–Kier alpha value is -5.08. The number of aromatic nitrogens is 1. The summed E-state index contributed by atoms with van der Waals surface area (Å²) in [5.41, 5.74) is 3.69. The Bertz CT molecular complexity index is 1890. The van der Waals surface area contributed by atoms with Gasteiger partial charge in [0.2, 0.25) is 11.8 Å². The van der Waals surface area contributed by atoms with Crippen molar-refractivity contribution in [2.24, 2.45) is 0 Å². The van der Waals surface area contributed by atoms with Crippen LogP contribution in [0, 0.1) is 6.92 Å². The number of anilines is 1. The molecule has 0 radical (unpaired) electrons. The maximum absolute atomic E-state index is 13.6. The van der Waals surface area contributed by atoms with Gasteiger partial charge >= 0.3 is 5.97 Å². The van der Waals surface area contributed by atoms with Crippen molar-refractivity contribution in [3.63, 3.8) is 0 Å². The molecule has 0 saturated carbocycles. The molecule has 0 unspecified atom stereocenters. The highest BCUT2D eigenvalue weighted by atomic mass is 16.6. The van der Waals surface area contributed by atoms with Crippen molar-refractivity contribution in [1.82, 2.24) is 15.2 Å². The molecule has 1 aromatic heterocycles. The fraction of sp³-hybridized carbons (Fsp3) is 0.467. The zero-order chi connectivity index (χ0) is 41.0. The average Bonchev–Trinajstić information content (AvgIpc) is 3.73. The van der Waals surface area contributed by atoms with Crippen molar-refractivity contribution in [2.75, 3.05) is 77.9 Å². The number of amides is 2. The molecule has 4 aromatic rings. The zero-order valence-electron chi connectivity index (χ0n) is 33.8. The highest BCUT2D eigenvalue weighted by Crippen LogP contribution is 2.35. The first-order valence-electron chi connectivity index (χ1n) is 20.4. The molecule has 13 nitrogen and oxygen atoms in total. The summed E-state index contributed by atoms with van der Waals surface area (Å²) in [6.45, 7) is 9.82. The van der Waals surface area contributed by atoms with Crippen LogP contribution < -0.4 is 15.4 Å². The number of carbonyl (C=O) groups excluding carboxylic acids is 2. The van der Waals surface area contributed by atoms with Crippen molar-refractivity contribution >= 4 is 34.4 Å². The van der Waals surface area contributed by atoms with E-state index in [4.69, 9.17) is 23.7 Å². The summed E-state index contributed by atoms with van der Waals surface area (Å²) in [4.78, 5) is 44.7. The number of nitrogens with zero attached hydrogens (tertiary/aromatic N) is 2. The number of fused-ring (bicyclic) bond motifs is 1. The summed E-state index contributed by atoms with van der Waals surface area (Å²) in [6.07, 6.45) is 4.58. The zero-order valence-corrected chi connectivity index (χ0v) is 33.8. The fourth-order valence-electron chi connectivity index (χ4n) is 6.93. The van der Waals surface area contributed by atoms with E-state index in [9.17, 15) is 19.5 Å². The van der Waals surface area contributed by atoms with Gasteiger partial charge in [-0.1, -0.05) is 61.5 Å². The summed E-state index contributed by atoms with van der Waals surface area (Å²) in [5, 5.41) is 17.9. The number of carboxylic acid groups (broad SMARTS) is 1. The molecule has 312 valence electrons. The topological polar surface area (TPSA) is 158 Å². The minimum atomic E-state index is -1.03. The van der Waals surface area contributed by atoms with Gasteiger partial charge < -0.3 is 44.3 Å². The number of hydrogen-bond donors (Lipinski definition) is 3. The van der Waals surface area contributed by atoms with Crippen LogP contribution in [0.1, 0.15) is 62.6 Å². The molecule has 13 heteroatoms. The van der Waals surface area contributed by atoms with Gasteiger partial charge in [0.05, 0.1) is 58.7 Å². The molecule has 58 heavy (non-hydrogen) atoms. The summed E-state index contributed by atoms with van der Waals surface area (Å²) < 4.78 is 28.2. The number of benzene rings is 3. The summed E-state index contributed by atoms with van der Waals surface area (Å²) >= 11 is 0. The molecule has 1 aliphatic rings. The van der Waals surface area contributed by atoms with Crippen LogP contribution in [0.5, 0.6) is 5.75 Å². The third-order valence-corrected chi connectivity index (χ3v) is 9.82. The van der Waals surface area contributed by atoms with Crippen LogP contribution >= 0.6 is 0 Å². The van der Waals surface area contributed by atoms with Gasteiger partial charge in [-0.3, -0.25) is 14.4 Å². The number of ether oxygens (including phenoxy) is 5. The average molecular weight is 799 g/mol. The van der Waals surface area contributed by atoms with Crippen LogP contribution in [0.3, 0.4) is 0 Å². The van der Waals surface area contributed by atoms with Crippen LogP contribution in [0.4, 0.5) is 5.82 Å². The lowest BCUT2D eigenvalue weighted by Crippen LogP contribution is -2.47. The molecule has 2 heterocycles. The standard InChI is InChI=1S/C45H58N4O9/c1-3-22-54-23-24-55-25-26-56-27-28-57-29-30-58-41-17-16-36(37-8-4-5-9-38(37)41)34-12-14-35(15-13-34)39(32-44(51)52)48-45(53)40-10-7-21-49(40)43(50)11-6-19-46-42-31-33(2)18-20-47-42/h4-5,8-9,12-18,20,31,39-40H,3,6-7,10-11,19,21-30,32H2,1-2H3,(H,46,47)(H,48,53)(H,51,52)/t39-,40+/m0/s1. The third kappa shape index (κ3) is 13.8. The monoisotopic (exact) mass is 798 g/mol. The van der Waals surface area contributed by atoms with Gasteiger partial charge in [0, 0.05) is 37.7 Å². The largest absolute Gasteiger partial charge is 0.491 e. The van der Waals surface area contributed by atoms with Crippen LogP contribution in [-0.4, -0.2) is 111 Å². The van der Waals surface area contributed by atoms with Crippen molar-refractivity contribution in [3.05, 3.63) is 90.1 Å². The van der Waals surface area contributed by atoms with E-state index in [2.05, 4.69) is 22.5 Å². The number of nitrogens with one attached hydrogen (secondary N) is 2. The number of hydrogen-bond acceptors (Lipinski definition) is 10. The SMILES string of the molecule is CCCOCCOCCOCCOCCOc1ccc(-c2ccc([C@H](CC(=O)O)NC(=O)[C@H]3CCCN3C(=O)CCCNc3cc(C)ccn3)cc2)c2ccccc12. The van der Waals surface area contributed by atoms with Crippen LogP contribution in [0.15, 0.2) is 79.0 Å². The van der Waals surface area contributed by atoms with Gasteiger partial charge in [0.25, 0.3) is 0 Å². The molecular weight excluding hydrogens is 741 g/mol. The first kappa shape index (κ1) is 44.0. The van der Waals surface area contributed by atoms with Gasteiger partial charge in [0.1, 0.15) is 24.2 Å². The highest BCUT2D eigenvalue weighted by Gasteiger charge is 2.35. The van der Waals surface area contributed by atoms with Gasteiger partial charge in [-0.2, -0.15) is 0 Å². The first-order valence-corrected chi connectivity index (χ1v) is 20.4. The second kappa shape index (κ2) is 24.0. The van der Waals surface area contributed by atoms with E-state index in [1.165, 1.54) is 0 Å². The summed E-state index contributed by atoms with van der Waals surface area (Å²) in [5.74, 6) is 0.0490. The molecular formula is C45H58N4O9. The van der Waals surface area contributed by atoms with E-state index >= 15 is 0 Å². The number of likely N-dealkylation sites (tertiary alicyclic amines) is 1. The van der Waals surface area contributed by atoms with Crippen LogP contribution in [0.25, 0.3) is 21.9 Å². The summed E-state index contributed by atoms with van der Waals surface area (Å²) in [7, 11) is 0. The smallest absolute Gasteiger partial charge is 0.305 e. The molecule has 2 amide bonds. The molecule has 1 saturated heterocycles. The minimum absolute atomic E-state index is 0.0873. The second-order valence-corrected chi connectivity index (χ2v) is 14.2. The highest BCUT2D eigenvalue weighted by molar-refractivity contribution is 6.00. The van der Waals surface area contributed by atoms with E-state index in [0.717, 1.165) is 52.1 Å². The second-order valence-electron chi connectivity index (χ2n) is 14.2. The quantitative estimate of drug-likeness (QED) is 0.0590. The van der Waals surface area contributed by atoms with E-state index in [0.29, 0.717) is 97.2 Å². The van der Waals surface area contributed by atoms with Gasteiger partial charge in [-0.05, 0) is 78.4 Å². The lowest BCUT2D eigenvalue weighted by atomic mass is 9.95. The Kier molecular flexibility index (Phi) is 18.2. The van der Waals surface area contributed by atoms with Gasteiger partial charge in [-0.25, -0.2) is 4.98 Å². The molecule has 2 atom stereocenters. The maximum atomic E-state index is 13.6. The normalized spacial score (nSPS) is 14.4. The molecule has 1 aliphatic heterocycles. The summed E-state index contributed by atoms with van der Waals surface area (Å²) in [6, 6.07) is 22.0. The predicted octanol–water partition coefficient (Wildman–Crippen LogP) is 6.58. The maximum Gasteiger partial charge on any atom is 0.305 e. The number of carboxylic acids is 1. The minimum Gasteiger partial charge on any atom is -0.491 e. The molecule has 0 spiro atoms. The molecule has 0 bridgehead atoms. The molecule has 0 aliphatic carbocycles. The van der Waals surface area contributed by atoms with E-state index < -0.39 is 18.1 Å². The third-order valence-electron chi connectivity index (χ3n) is 9.82. The van der Waals surface area contributed by atoms with E-state index in [1.54, 1.807) is 11.1 Å². The number of aliphatic carboxylic acids is 1. The van der Waals surface area contributed by atoms with Crippen molar-refractivity contribution in [2.45, 2.75) is 64.5 Å². The van der Waals surface area contributed by atoms with E-state index in [1.807, 2.05) is 79.7 Å². The molecule has 3 aromatic carbocycles.